The van der Waals surface area contributed by atoms with Gasteiger partial charge in [-0.3, -0.25) is 4.90 Å². The topological polar surface area (TPSA) is 56.1 Å². The lowest BCUT2D eigenvalue weighted by molar-refractivity contribution is 0.249. The first-order chi connectivity index (χ1) is 16.2. The summed E-state index contributed by atoms with van der Waals surface area (Å²) in [5.41, 5.74) is 2.84. The van der Waals surface area contributed by atoms with Crippen molar-refractivity contribution in [3.8, 4) is 5.75 Å². The van der Waals surface area contributed by atoms with E-state index in [0.29, 0.717) is 5.56 Å². The Balaban J connectivity index is 2.79. The minimum atomic E-state index is 0.267. The van der Waals surface area contributed by atoms with Crippen LogP contribution in [0.25, 0.3) is 0 Å². The number of aryl methyl sites for hydroxylation is 1. The Bertz CT molecular complexity index is 618. The Hall–Kier alpha value is -1.55. The molecule has 0 aliphatic heterocycles. The van der Waals surface area contributed by atoms with Crippen LogP contribution in [0.1, 0.15) is 134 Å². The van der Waals surface area contributed by atoms with E-state index >= 15 is 0 Å². The third-order valence-corrected chi connectivity index (χ3v) is 6.59. The molecule has 0 unspecified atom stereocenters. The molecule has 4 heteroatoms. The summed E-state index contributed by atoms with van der Waals surface area (Å²) in [6.45, 7) is 9.69. The van der Waals surface area contributed by atoms with Gasteiger partial charge in [0.1, 0.15) is 5.75 Å². The first-order valence-corrected chi connectivity index (χ1v) is 13.9. The first kappa shape index (κ1) is 29.5. The molecule has 0 spiro atoms. The van der Waals surface area contributed by atoms with Crippen LogP contribution in [-0.4, -0.2) is 34.5 Å². The number of hydrogen-bond donors (Lipinski definition) is 2. The standard InChI is InChI=1S/C29H52N2O2/c1-4-7-10-13-14-15-16-19-26-22-27(24-30-33)29(32)28(23-26)25-31(20-17-11-8-5-2)21-18-12-9-6-3/h22-24,32-33H,4-21,25H2,1-3H3/b30-24+. The average Bonchev–Trinajstić information content (AvgIpc) is 2.81. The Labute approximate surface area is 204 Å². The zero-order valence-corrected chi connectivity index (χ0v) is 22.0. The molecule has 0 saturated carbocycles. The minimum Gasteiger partial charge on any atom is -0.507 e. The summed E-state index contributed by atoms with van der Waals surface area (Å²) in [5, 5.41) is 23.2. The van der Waals surface area contributed by atoms with Crippen molar-refractivity contribution in [2.75, 3.05) is 13.1 Å². The average molecular weight is 461 g/mol. The number of nitrogens with zero attached hydrogens (tertiary/aromatic N) is 2. The second-order valence-electron chi connectivity index (χ2n) is 9.71. The number of phenols is 1. The highest BCUT2D eigenvalue weighted by molar-refractivity contribution is 5.84. The van der Waals surface area contributed by atoms with Crippen LogP contribution in [-0.2, 0) is 13.0 Å². The van der Waals surface area contributed by atoms with Gasteiger partial charge >= 0.3 is 0 Å². The molecule has 0 saturated heterocycles. The number of benzene rings is 1. The summed E-state index contributed by atoms with van der Waals surface area (Å²) in [5.74, 6) is 0.267. The van der Waals surface area contributed by atoms with E-state index in [0.717, 1.165) is 31.6 Å². The highest BCUT2D eigenvalue weighted by Gasteiger charge is 2.14. The Kier molecular flexibility index (Phi) is 17.8. The van der Waals surface area contributed by atoms with Gasteiger partial charge in [-0.15, -0.1) is 0 Å². The van der Waals surface area contributed by atoms with Gasteiger partial charge < -0.3 is 10.3 Å². The van der Waals surface area contributed by atoms with Crippen LogP contribution in [0.5, 0.6) is 5.75 Å². The highest BCUT2D eigenvalue weighted by Crippen LogP contribution is 2.27. The van der Waals surface area contributed by atoms with Crippen LogP contribution in [0.2, 0.25) is 0 Å². The highest BCUT2D eigenvalue weighted by atomic mass is 16.4. The van der Waals surface area contributed by atoms with Crippen LogP contribution in [0.15, 0.2) is 17.3 Å². The normalized spacial score (nSPS) is 11.8. The van der Waals surface area contributed by atoms with E-state index in [1.54, 1.807) is 0 Å². The molecule has 0 aromatic heterocycles. The lowest BCUT2D eigenvalue weighted by atomic mass is 9.99. The fraction of sp³-hybridized carbons (Fsp3) is 0.759. The maximum absolute atomic E-state index is 10.9. The molecule has 0 fully saturated rings. The van der Waals surface area contributed by atoms with Crippen molar-refractivity contribution >= 4 is 6.21 Å². The molecule has 4 nitrogen and oxygen atoms in total. The Morgan fingerprint density at radius 3 is 1.79 bits per heavy atom. The number of rotatable bonds is 21. The molecule has 0 aliphatic carbocycles. The van der Waals surface area contributed by atoms with E-state index in [9.17, 15) is 5.11 Å². The van der Waals surface area contributed by atoms with Crippen molar-refractivity contribution in [3.05, 3.63) is 28.8 Å². The van der Waals surface area contributed by atoms with Gasteiger partial charge in [0.25, 0.3) is 0 Å². The van der Waals surface area contributed by atoms with Crippen LogP contribution in [0.4, 0.5) is 0 Å². The molecule has 0 radical (unpaired) electrons. The third kappa shape index (κ3) is 13.7. The van der Waals surface area contributed by atoms with Gasteiger partial charge in [0.05, 0.1) is 6.21 Å². The largest absolute Gasteiger partial charge is 0.507 e. The quantitative estimate of drug-likeness (QED) is 0.0837. The third-order valence-electron chi connectivity index (χ3n) is 6.59. The van der Waals surface area contributed by atoms with Crippen molar-refractivity contribution in [2.24, 2.45) is 5.16 Å². The van der Waals surface area contributed by atoms with E-state index in [1.807, 2.05) is 6.07 Å². The van der Waals surface area contributed by atoms with Gasteiger partial charge in [-0.1, -0.05) is 109 Å². The molecule has 0 bridgehead atoms. The summed E-state index contributed by atoms with van der Waals surface area (Å²) in [6, 6.07) is 4.18. The summed E-state index contributed by atoms with van der Waals surface area (Å²) in [7, 11) is 0. The second kappa shape index (κ2) is 19.9. The summed E-state index contributed by atoms with van der Waals surface area (Å²) < 4.78 is 0. The van der Waals surface area contributed by atoms with E-state index < -0.39 is 0 Å². The van der Waals surface area contributed by atoms with E-state index in [1.165, 1.54) is 108 Å². The maximum atomic E-state index is 10.9. The predicted octanol–water partition coefficient (Wildman–Crippen LogP) is 8.46. The molecule has 2 N–H and O–H groups in total. The Morgan fingerprint density at radius 1 is 0.727 bits per heavy atom. The van der Waals surface area contributed by atoms with Crippen LogP contribution in [0.3, 0.4) is 0 Å². The lowest BCUT2D eigenvalue weighted by Crippen LogP contribution is -2.26. The molecule has 33 heavy (non-hydrogen) atoms. The lowest BCUT2D eigenvalue weighted by Gasteiger charge is -2.24. The summed E-state index contributed by atoms with van der Waals surface area (Å²) in [4.78, 5) is 2.51. The second-order valence-corrected chi connectivity index (χ2v) is 9.71. The number of hydrogen-bond acceptors (Lipinski definition) is 4. The van der Waals surface area contributed by atoms with E-state index in [2.05, 4.69) is 36.9 Å². The van der Waals surface area contributed by atoms with Crippen molar-refractivity contribution in [3.63, 3.8) is 0 Å². The molecular formula is C29H52N2O2. The van der Waals surface area contributed by atoms with E-state index in [-0.39, 0.29) is 5.75 Å². The molecule has 0 heterocycles. The zero-order chi connectivity index (χ0) is 24.2. The van der Waals surface area contributed by atoms with Gasteiger partial charge in [-0.05, 0) is 50.4 Å². The van der Waals surface area contributed by atoms with Gasteiger partial charge in [0.15, 0.2) is 0 Å². The maximum Gasteiger partial charge on any atom is 0.128 e. The van der Waals surface area contributed by atoms with Crippen LogP contribution < -0.4 is 0 Å². The molecule has 0 atom stereocenters. The number of phenolic OH excluding ortho intramolecular Hbond substituents is 1. The SMILES string of the molecule is CCCCCCCCCc1cc(/C=N/O)c(O)c(CN(CCCCCC)CCCCCC)c1. The Morgan fingerprint density at radius 2 is 1.24 bits per heavy atom. The van der Waals surface area contributed by atoms with E-state index in [4.69, 9.17) is 5.21 Å². The van der Waals surface area contributed by atoms with Crippen molar-refractivity contribution in [1.29, 1.82) is 0 Å². The monoisotopic (exact) mass is 460 g/mol. The first-order valence-electron chi connectivity index (χ1n) is 13.9. The van der Waals surface area contributed by atoms with Gasteiger partial charge in [-0.2, -0.15) is 0 Å². The summed E-state index contributed by atoms with van der Waals surface area (Å²) in [6.07, 6.45) is 21.5. The molecule has 1 aromatic rings. The molecular weight excluding hydrogens is 408 g/mol. The fourth-order valence-corrected chi connectivity index (χ4v) is 4.53. The summed E-state index contributed by atoms with van der Waals surface area (Å²) >= 11 is 0. The molecule has 190 valence electrons. The van der Waals surface area contributed by atoms with Gasteiger partial charge in [-0.25, -0.2) is 0 Å². The van der Waals surface area contributed by atoms with Crippen molar-refractivity contribution in [1.82, 2.24) is 4.90 Å². The number of aromatic hydroxyl groups is 1. The smallest absolute Gasteiger partial charge is 0.128 e. The molecule has 1 rings (SSSR count). The van der Waals surface area contributed by atoms with Crippen molar-refractivity contribution < 1.29 is 10.3 Å². The minimum absolute atomic E-state index is 0.267. The van der Waals surface area contributed by atoms with Crippen LogP contribution >= 0.6 is 0 Å². The molecule has 1 aromatic carbocycles. The predicted molar refractivity (Wildman–Crippen MR) is 143 cm³/mol. The number of unbranched alkanes of at least 4 members (excludes halogenated alkanes) is 12. The van der Waals surface area contributed by atoms with Crippen molar-refractivity contribution in [2.45, 2.75) is 130 Å². The number of oxime groups is 1. The van der Waals surface area contributed by atoms with Gasteiger partial charge in [0, 0.05) is 17.7 Å². The van der Waals surface area contributed by atoms with Gasteiger partial charge in [0.2, 0.25) is 0 Å². The van der Waals surface area contributed by atoms with Crippen LogP contribution in [0, 0.1) is 0 Å². The fourth-order valence-electron chi connectivity index (χ4n) is 4.53. The molecule has 0 aliphatic rings. The molecule has 0 amide bonds. The zero-order valence-electron chi connectivity index (χ0n) is 22.0.